The predicted octanol–water partition coefficient (Wildman–Crippen LogP) is 3.05. The van der Waals surface area contributed by atoms with Crippen molar-refractivity contribution in [2.24, 2.45) is 0 Å². The number of aromatic nitrogens is 5. The highest BCUT2D eigenvalue weighted by atomic mass is 32.1. The maximum Gasteiger partial charge on any atom is 0.252 e. The molecule has 1 amide bonds. The van der Waals surface area contributed by atoms with Crippen LogP contribution in [0.4, 0.5) is 5.13 Å². The minimum atomic E-state index is -0.230. The van der Waals surface area contributed by atoms with Crippen LogP contribution in [0.5, 0.6) is 5.75 Å². The number of amides is 1. The van der Waals surface area contributed by atoms with E-state index in [1.165, 1.54) is 11.3 Å². The predicted molar refractivity (Wildman–Crippen MR) is 107 cm³/mol. The van der Waals surface area contributed by atoms with Gasteiger partial charge < -0.3 is 10.1 Å². The number of carbonyl (C=O) groups excluding carboxylic acids is 1. The molecule has 4 aromatic rings. The van der Waals surface area contributed by atoms with Gasteiger partial charge in [-0.2, -0.15) is 4.98 Å². The molecule has 0 bridgehead atoms. The zero-order valence-corrected chi connectivity index (χ0v) is 16.4. The lowest BCUT2D eigenvalue weighted by Crippen LogP contribution is -2.15. The fourth-order valence-electron chi connectivity index (χ4n) is 2.90. The fraction of sp³-hybridized carbons (Fsp3) is 0.211. The van der Waals surface area contributed by atoms with Crippen LogP contribution in [0.3, 0.4) is 0 Å². The van der Waals surface area contributed by atoms with E-state index in [0.717, 1.165) is 28.4 Å². The molecule has 9 heteroatoms. The topological polar surface area (TPSA) is 94.3 Å². The Balaban J connectivity index is 1.49. The summed E-state index contributed by atoms with van der Waals surface area (Å²) in [5, 5.41) is 9.56. The number of nitrogens with zero attached hydrogens (tertiary/aromatic N) is 5. The van der Waals surface area contributed by atoms with Gasteiger partial charge in [-0.1, -0.05) is 12.1 Å². The number of para-hydroxylation sites is 1. The third-order valence-electron chi connectivity index (χ3n) is 4.11. The van der Waals surface area contributed by atoms with E-state index in [1.54, 1.807) is 11.6 Å². The van der Waals surface area contributed by atoms with Gasteiger partial charge in [-0.15, -0.1) is 16.4 Å². The maximum absolute atomic E-state index is 12.4. The number of rotatable bonds is 5. The molecule has 142 valence electrons. The van der Waals surface area contributed by atoms with Crippen LogP contribution in [0.1, 0.15) is 17.2 Å². The molecular formula is C19H18N6O2S. The molecule has 0 aliphatic carbocycles. The maximum atomic E-state index is 12.4. The van der Waals surface area contributed by atoms with Crippen molar-refractivity contribution < 1.29 is 9.53 Å². The molecule has 8 nitrogen and oxygen atoms in total. The second kappa shape index (κ2) is 7.35. The normalized spacial score (nSPS) is 11.0. The number of anilines is 1. The molecule has 0 aliphatic rings. The van der Waals surface area contributed by atoms with Crippen molar-refractivity contribution in [1.82, 2.24) is 24.6 Å². The molecule has 0 atom stereocenters. The van der Waals surface area contributed by atoms with Crippen molar-refractivity contribution >= 4 is 28.2 Å². The summed E-state index contributed by atoms with van der Waals surface area (Å²) in [5.41, 5.74) is 3.41. The van der Waals surface area contributed by atoms with Gasteiger partial charge in [-0.05, 0) is 32.0 Å². The van der Waals surface area contributed by atoms with Crippen molar-refractivity contribution in [1.29, 1.82) is 0 Å². The average molecular weight is 394 g/mol. The van der Waals surface area contributed by atoms with Crippen LogP contribution in [-0.2, 0) is 11.2 Å². The second-order valence-corrected chi connectivity index (χ2v) is 7.10. The van der Waals surface area contributed by atoms with Gasteiger partial charge in [0, 0.05) is 22.3 Å². The van der Waals surface area contributed by atoms with Crippen LogP contribution in [0.2, 0.25) is 0 Å². The molecule has 0 fully saturated rings. The molecule has 0 aliphatic heterocycles. The number of aryl methyl sites for hydroxylation is 2. The van der Waals surface area contributed by atoms with Crippen LogP contribution in [0, 0.1) is 13.8 Å². The van der Waals surface area contributed by atoms with Crippen LogP contribution < -0.4 is 10.1 Å². The van der Waals surface area contributed by atoms with Crippen molar-refractivity contribution in [3.63, 3.8) is 0 Å². The van der Waals surface area contributed by atoms with E-state index in [9.17, 15) is 4.79 Å². The number of carbonyl (C=O) groups is 1. The number of fused-ring (bicyclic) bond motifs is 1. The first-order valence-corrected chi connectivity index (χ1v) is 9.50. The summed E-state index contributed by atoms with van der Waals surface area (Å²) in [5.74, 6) is 1.41. The van der Waals surface area contributed by atoms with Gasteiger partial charge in [0.2, 0.25) is 5.91 Å². The molecule has 4 rings (SSSR count). The van der Waals surface area contributed by atoms with E-state index in [0.29, 0.717) is 16.7 Å². The summed E-state index contributed by atoms with van der Waals surface area (Å²) < 4.78 is 7.01. The Hall–Kier alpha value is -3.33. The van der Waals surface area contributed by atoms with Crippen molar-refractivity contribution in [2.45, 2.75) is 20.3 Å². The van der Waals surface area contributed by atoms with Crippen molar-refractivity contribution in [3.8, 4) is 17.0 Å². The fourth-order valence-corrected chi connectivity index (χ4v) is 3.63. The average Bonchev–Trinajstić information content (AvgIpc) is 3.28. The second-order valence-electron chi connectivity index (χ2n) is 6.24. The minimum Gasteiger partial charge on any atom is -0.496 e. The molecule has 3 aromatic heterocycles. The van der Waals surface area contributed by atoms with Crippen molar-refractivity contribution in [3.05, 3.63) is 52.9 Å². The number of methoxy groups -OCH3 is 1. The van der Waals surface area contributed by atoms with E-state index in [1.807, 2.05) is 49.6 Å². The number of hydrogen-bond acceptors (Lipinski definition) is 7. The molecule has 0 saturated heterocycles. The molecule has 28 heavy (non-hydrogen) atoms. The summed E-state index contributed by atoms with van der Waals surface area (Å²) in [7, 11) is 1.62. The Morgan fingerprint density at radius 1 is 1.21 bits per heavy atom. The van der Waals surface area contributed by atoms with Gasteiger partial charge >= 0.3 is 0 Å². The van der Waals surface area contributed by atoms with Crippen LogP contribution >= 0.6 is 11.3 Å². The zero-order valence-electron chi connectivity index (χ0n) is 15.6. The summed E-state index contributed by atoms with van der Waals surface area (Å²) in [6, 6.07) is 9.54. The lowest BCUT2D eigenvalue weighted by molar-refractivity contribution is -0.115. The van der Waals surface area contributed by atoms with E-state index < -0.39 is 0 Å². The summed E-state index contributed by atoms with van der Waals surface area (Å²) in [4.78, 5) is 25.6. The highest BCUT2D eigenvalue weighted by Crippen LogP contribution is 2.31. The van der Waals surface area contributed by atoms with Gasteiger partial charge in [0.25, 0.3) is 5.78 Å². The lowest BCUT2D eigenvalue weighted by atomic mass is 10.1. The Bertz CT molecular complexity index is 1170. The Kier molecular flexibility index (Phi) is 4.74. The van der Waals surface area contributed by atoms with Gasteiger partial charge in [0.1, 0.15) is 5.75 Å². The molecule has 0 radical (unpaired) electrons. The summed E-state index contributed by atoms with van der Waals surface area (Å²) >= 11 is 1.35. The largest absolute Gasteiger partial charge is 0.496 e. The molecule has 0 unspecified atom stereocenters. The smallest absolute Gasteiger partial charge is 0.252 e. The number of benzene rings is 1. The minimum absolute atomic E-state index is 0.0470. The van der Waals surface area contributed by atoms with Gasteiger partial charge in [-0.25, -0.2) is 14.5 Å². The number of ether oxygens (including phenoxy) is 1. The monoisotopic (exact) mass is 394 g/mol. The van der Waals surface area contributed by atoms with Crippen LogP contribution in [0.15, 0.2) is 35.7 Å². The first kappa shape index (κ1) is 18.1. The standard InChI is InChI=1S/C19H18N6O2S/c1-11-8-12(2)25-18(20-11)22-16(24-25)9-17(26)23-19-21-14(10-28-19)13-6-4-5-7-15(13)27-3/h4-8,10H,9H2,1-3H3,(H,21,23,26). The third kappa shape index (κ3) is 3.56. The number of thiazole rings is 1. The van der Waals surface area contributed by atoms with Gasteiger partial charge in [0.05, 0.1) is 19.2 Å². The molecule has 0 saturated carbocycles. The van der Waals surface area contributed by atoms with E-state index in [2.05, 4.69) is 25.4 Å². The van der Waals surface area contributed by atoms with Crippen LogP contribution in [0.25, 0.3) is 17.0 Å². The molecule has 0 spiro atoms. The molecular weight excluding hydrogens is 376 g/mol. The summed E-state index contributed by atoms with van der Waals surface area (Å²) in [6.45, 7) is 3.82. The Morgan fingerprint density at radius 3 is 2.86 bits per heavy atom. The van der Waals surface area contributed by atoms with Crippen molar-refractivity contribution in [2.75, 3.05) is 12.4 Å². The molecule has 1 N–H and O–H groups in total. The summed E-state index contributed by atoms with van der Waals surface area (Å²) in [6.07, 6.45) is 0.0470. The van der Waals surface area contributed by atoms with Gasteiger partial charge in [-0.3, -0.25) is 4.79 Å². The number of nitrogens with one attached hydrogen (secondary N) is 1. The quantitative estimate of drug-likeness (QED) is 0.559. The van der Waals surface area contributed by atoms with E-state index in [4.69, 9.17) is 4.74 Å². The first-order valence-electron chi connectivity index (χ1n) is 8.62. The zero-order chi connectivity index (χ0) is 19.7. The Labute approximate surface area is 165 Å². The SMILES string of the molecule is COc1ccccc1-c1csc(NC(=O)Cc2nc3nc(C)cc(C)n3n2)n1. The molecule has 3 heterocycles. The van der Waals surface area contributed by atoms with E-state index in [-0.39, 0.29) is 12.3 Å². The Morgan fingerprint density at radius 2 is 2.04 bits per heavy atom. The first-order chi connectivity index (χ1) is 13.5. The lowest BCUT2D eigenvalue weighted by Gasteiger charge is -2.04. The number of hydrogen-bond donors (Lipinski definition) is 1. The van der Waals surface area contributed by atoms with Gasteiger partial charge in [0.15, 0.2) is 11.0 Å². The highest BCUT2D eigenvalue weighted by molar-refractivity contribution is 7.14. The van der Waals surface area contributed by atoms with E-state index >= 15 is 0 Å². The highest BCUT2D eigenvalue weighted by Gasteiger charge is 2.14. The van der Waals surface area contributed by atoms with Crippen LogP contribution in [-0.4, -0.2) is 37.6 Å². The third-order valence-corrected chi connectivity index (χ3v) is 4.87. The molecule has 1 aromatic carbocycles.